The van der Waals surface area contributed by atoms with Crippen LogP contribution >= 0.6 is 0 Å². The molecule has 0 radical (unpaired) electrons. The number of aromatic carboxylic acids is 1. The Morgan fingerprint density at radius 1 is 1.24 bits per heavy atom. The predicted octanol–water partition coefficient (Wildman–Crippen LogP) is 3.10. The number of carbonyl (C=O) groups is 1. The van der Waals surface area contributed by atoms with Crippen LogP contribution in [0.15, 0.2) is 41.3 Å². The summed E-state index contributed by atoms with van der Waals surface area (Å²) in [7, 11) is 1.46. The second kappa shape index (κ2) is 6.39. The second-order valence-electron chi connectivity index (χ2n) is 5.75. The Morgan fingerprint density at radius 3 is 2.64 bits per heavy atom. The van der Waals surface area contributed by atoms with Gasteiger partial charge in [-0.25, -0.2) is 4.79 Å². The van der Waals surface area contributed by atoms with Crippen LogP contribution in [-0.2, 0) is 6.54 Å². The number of nitrogens with zero attached hydrogens (tertiary/aromatic N) is 2. The van der Waals surface area contributed by atoms with E-state index in [2.05, 4.69) is 4.98 Å². The molecule has 0 amide bonds. The van der Waals surface area contributed by atoms with E-state index in [0.29, 0.717) is 23.4 Å². The quantitative estimate of drug-likeness (QED) is 0.790. The summed E-state index contributed by atoms with van der Waals surface area (Å²) < 4.78 is 6.85. The van der Waals surface area contributed by atoms with Crippen molar-refractivity contribution in [2.45, 2.75) is 20.4 Å². The van der Waals surface area contributed by atoms with Gasteiger partial charge in [0, 0.05) is 29.4 Å². The third-order valence-electron chi connectivity index (χ3n) is 4.13. The van der Waals surface area contributed by atoms with Gasteiger partial charge in [-0.15, -0.1) is 0 Å². The van der Waals surface area contributed by atoms with Crippen molar-refractivity contribution in [3.05, 3.63) is 58.1 Å². The van der Waals surface area contributed by atoms with Crippen molar-refractivity contribution in [1.29, 1.82) is 0 Å². The molecule has 0 aliphatic heterocycles. The van der Waals surface area contributed by atoms with Gasteiger partial charge >= 0.3 is 5.97 Å². The third-order valence-corrected chi connectivity index (χ3v) is 4.13. The molecule has 2 aromatic heterocycles. The normalized spacial score (nSPS) is 10.8. The number of aromatic nitrogens is 2. The molecule has 128 valence electrons. The van der Waals surface area contributed by atoms with E-state index in [0.717, 1.165) is 16.6 Å². The van der Waals surface area contributed by atoms with Gasteiger partial charge in [0.2, 0.25) is 0 Å². The minimum absolute atomic E-state index is 0.0685. The van der Waals surface area contributed by atoms with Crippen molar-refractivity contribution in [1.82, 2.24) is 9.55 Å². The number of carboxylic acids is 1. The zero-order valence-corrected chi connectivity index (χ0v) is 14.2. The number of ether oxygens (including phenoxy) is 1. The molecule has 0 aliphatic carbocycles. The van der Waals surface area contributed by atoms with Crippen LogP contribution in [0.1, 0.15) is 23.0 Å². The maximum atomic E-state index is 13.0. The highest BCUT2D eigenvalue weighted by Crippen LogP contribution is 2.26. The molecule has 0 saturated carbocycles. The first-order valence-electron chi connectivity index (χ1n) is 7.87. The van der Waals surface area contributed by atoms with Gasteiger partial charge < -0.3 is 14.4 Å². The van der Waals surface area contributed by atoms with Crippen molar-refractivity contribution < 1.29 is 14.6 Å². The van der Waals surface area contributed by atoms with Crippen LogP contribution in [0.3, 0.4) is 0 Å². The molecule has 25 heavy (non-hydrogen) atoms. The largest absolute Gasteiger partial charge is 0.497 e. The second-order valence-corrected chi connectivity index (χ2v) is 5.75. The summed E-state index contributed by atoms with van der Waals surface area (Å²) in [6.45, 7) is 4.27. The lowest BCUT2D eigenvalue weighted by atomic mass is 10.0. The Labute approximate surface area is 144 Å². The van der Waals surface area contributed by atoms with E-state index in [1.165, 1.54) is 19.2 Å². The van der Waals surface area contributed by atoms with Crippen molar-refractivity contribution in [3.63, 3.8) is 0 Å². The molecule has 0 unspecified atom stereocenters. The highest BCUT2D eigenvalue weighted by atomic mass is 16.5. The van der Waals surface area contributed by atoms with Crippen LogP contribution < -0.4 is 10.3 Å². The Hall–Kier alpha value is -3.15. The minimum Gasteiger partial charge on any atom is -0.497 e. The number of hydrogen-bond donors (Lipinski definition) is 1. The highest BCUT2D eigenvalue weighted by Gasteiger charge is 2.14. The summed E-state index contributed by atoms with van der Waals surface area (Å²) in [5.74, 6) is -0.687. The number of carboxylic acid groups (broad SMARTS) is 1. The average molecular weight is 338 g/mol. The molecule has 0 saturated heterocycles. The monoisotopic (exact) mass is 338 g/mol. The van der Waals surface area contributed by atoms with E-state index in [4.69, 9.17) is 4.74 Å². The van der Waals surface area contributed by atoms with Gasteiger partial charge in [-0.05, 0) is 49.7 Å². The highest BCUT2D eigenvalue weighted by molar-refractivity contribution is 5.91. The van der Waals surface area contributed by atoms with Gasteiger partial charge in [-0.3, -0.25) is 9.78 Å². The Kier molecular flexibility index (Phi) is 4.27. The fourth-order valence-corrected chi connectivity index (χ4v) is 2.89. The number of methoxy groups -OCH3 is 1. The summed E-state index contributed by atoms with van der Waals surface area (Å²) in [4.78, 5) is 28.6. The first kappa shape index (κ1) is 16.7. The average Bonchev–Trinajstić information content (AvgIpc) is 2.60. The lowest BCUT2D eigenvalue weighted by Gasteiger charge is -2.13. The number of aryl methyl sites for hydroxylation is 2. The molecule has 0 bridgehead atoms. The number of rotatable bonds is 4. The number of fused-ring (bicyclic) bond motifs is 1. The van der Waals surface area contributed by atoms with E-state index in [1.54, 1.807) is 22.9 Å². The van der Waals surface area contributed by atoms with Crippen molar-refractivity contribution >= 4 is 16.9 Å². The van der Waals surface area contributed by atoms with Gasteiger partial charge in [0.15, 0.2) is 0 Å². The molecule has 2 heterocycles. The van der Waals surface area contributed by atoms with E-state index < -0.39 is 5.97 Å². The van der Waals surface area contributed by atoms with Crippen LogP contribution in [0.2, 0.25) is 0 Å². The summed E-state index contributed by atoms with van der Waals surface area (Å²) in [6.07, 6.45) is 1.72. The van der Waals surface area contributed by atoms with Crippen molar-refractivity contribution in [3.8, 4) is 16.9 Å². The molecular formula is C19H18N2O4. The molecular weight excluding hydrogens is 320 g/mol. The Balaban J connectivity index is 2.35. The van der Waals surface area contributed by atoms with Gasteiger partial charge in [-0.2, -0.15) is 0 Å². The minimum atomic E-state index is -1.07. The maximum Gasteiger partial charge on any atom is 0.335 e. The SMILES string of the molecule is CCn1c(=O)c(-c2cc(OC)cc(C(=O)O)c2)cc2cnc(C)cc21. The Morgan fingerprint density at radius 2 is 2.00 bits per heavy atom. The van der Waals surface area contributed by atoms with Gasteiger partial charge in [0.1, 0.15) is 5.75 Å². The first-order chi connectivity index (χ1) is 11.9. The molecule has 0 fully saturated rings. The molecule has 0 atom stereocenters. The van der Waals surface area contributed by atoms with Crippen LogP contribution in [0, 0.1) is 6.92 Å². The summed E-state index contributed by atoms with van der Waals surface area (Å²) >= 11 is 0. The lowest BCUT2D eigenvalue weighted by molar-refractivity contribution is 0.0696. The van der Waals surface area contributed by atoms with Crippen LogP contribution in [0.5, 0.6) is 5.75 Å². The summed E-state index contributed by atoms with van der Waals surface area (Å²) in [6, 6.07) is 8.19. The molecule has 3 aromatic rings. The van der Waals surface area contributed by atoms with Crippen molar-refractivity contribution in [2.75, 3.05) is 7.11 Å². The Bertz CT molecular complexity index is 1040. The zero-order chi connectivity index (χ0) is 18.1. The number of hydrogen-bond acceptors (Lipinski definition) is 4. The molecule has 0 spiro atoms. The third kappa shape index (κ3) is 2.98. The molecule has 1 N–H and O–H groups in total. The van der Waals surface area contributed by atoms with Crippen LogP contribution in [0.4, 0.5) is 0 Å². The summed E-state index contributed by atoms with van der Waals surface area (Å²) in [5, 5.41) is 10.1. The predicted molar refractivity (Wildman–Crippen MR) is 95.4 cm³/mol. The molecule has 3 rings (SSSR count). The van der Waals surface area contributed by atoms with Gasteiger partial charge in [0.25, 0.3) is 5.56 Å². The zero-order valence-electron chi connectivity index (χ0n) is 14.2. The van der Waals surface area contributed by atoms with Crippen LogP contribution in [-0.4, -0.2) is 27.7 Å². The van der Waals surface area contributed by atoms with Crippen LogP contribution in [0.25, 0.3) is 22.0 Å². The molecule has 6 heteroatoms. The van der Waals surface area contributed by atoms with E-state index in [-0.39, 0.29) is 11.1 Å². The van der Waals surface area contributed by atoms with E-state index in [9.17, 15) is 14.7 Å². The fourth-order valence-electron chi connectivity index (χ4n) is 2.89. The molecule has 1 aromatic carbocycles. The fraction of sp³-hybridized carbons (Fsp3) is 0.211. The maximum absolute atomic E-state index is 13.0. The smallest absolute Gasteiger partial charge is 0.335 e. The number of benzene rings is 1. The molecule has 6 nitrogen and oxygen atoms in total. The first-order valence-corrected chi connectivity index (χ1v) is 7.87. The summed E-state index contributed by atoms with van der Waals surface area (Å²) in [5.41, 5.74) is 2.46. The standard InChI is InChI=1S/C19H18N2O4/c1-4-21-17-5-11(2)20-10-14(17)9-16(18(21)22)12-6-13(19(23)24)8-15(7-12)25-3/h5-10H,4H2,1-3H3,(H,23,24). The van der Waals surface area contributed by atoms with E-state index >= 15 is 0 Å². The van der Waals surface area contributed by atoms with Gasteiger partial charge in [-0.1, -0.05) is 0 Å². The van der Waals surface area contributed by atoms with Crippen molar-refractivity contribution in [2.24, 2.45) is 0 Å². The molecule has 0 aliphatic rings. The lowest BCUT2D eigenvalue weighted by Crippen LogP contribution is -2.21. The van der Waals surface area contributed by atoms with E-state index in [1.807, 2.05) is 19.9 Å². The van der Waals surface area contributed by atoms with Gasteiger partial charge in [0.05, 0.1) is 18.2 Å². The number of pyridine rings is 2. The topological polar surface area (TPSA) is 81.4 Å².